The predicted molar refractivity (Wildman–Crippen MR) is 177 cm³/mol. The molecule has 6 aromatic rings. The van der Waals surface area contributed by atoms with E-state index in [0.717, 1.165) is 10.9 Å². The molecule has 45 heavy (non-hydrogen) atoms. The third-order valence-electron chi connectivity index (χ3n) is 6.97. The predicted octanol–water partition coefficient (Wildman–Crippen LogP) is 6.80. The number of hydrogen-bond donors (Lipinski definition) is 1. The second-order valence-corrected chi connectivity index (χ2v) is 10.9. The highest BCUT2D eigenvalue weighted by atomic mass is 79.9. The monoisotopic (exact) mass is 666 g/mol. The molecule has 0 saturated carbocycles. The summed E-state index contributed by atoms with van der Waals surface area (Å²) in [6, 6.07) is 25.2. The zero-order chi connectivity index (χ0) is 31.5. The molecule has 0 radical (unpaired) electrons. The second kappa shape index (κ2) is 12.7. The van der Waals surface area contributed by atoms with Crippen LogP contribution in [0.4, 0.5) is 5.69 Å². The Balaban J connectivity index is 1.32. The number of nitrogens with zero attached hydrogens (tertiary/aromatic N) is 3. The van der Waals surface area contributed by atoms with Gasteiger partial charge in [-0.15, -0.1) is 0 Å². The highest BCUT2D eigenvalue weighted by Gasteiger charge is 2.18. The second-order valence-electron chi connectivity index (χ2n) is 10.0. The number of nitrogens with one attached hydrogen (secondary N) is 1. The van der Waals surface area contributed by atoms with Gasteiger partial charge in [0.2, 0.25) is 5.82 Å². The zero-order valence-electron chi connectivity index (χ0n) is 24.5. The number of amides is 1. The van der Waals surface area contributed by atoms with Crippen molar-refractivity contribution in [1.29, 1.82) is 0 Å². The Labute approximate surface area is 266 Å². The molecule has 0 saturated heterocycles. The summed E-state index contributed by atoms with van der Waals surface area (Å²) in [7, 11) is 3.08. The Morgan fingerprint density at radius 3 is 2.53 bits per heavy atom. The number of carbonyl (C=O) groups excluding carboxylic acids is 1. The lowest BCUT2D eigenvalue weighted by atomic mass is 10.2. The Morgan fingerprint density at radius 1 is 0.978 bits per heavy atom. The topological polar surface area (TPSA) is 117 Å². The number of fused-ring (bicyclic) bond motifs is 2. The lowest BCUT2D eigenvalue weighted by Gasteiger charge is -2.13. The first-order valence-electron chi connectivity index (χ1n) is 13.8. The van der Waals surface area contributed by atoms with E-state index in [1.807, 2.05) is 55.5 Å². The molecule has 0 aliphatic rings. The number of furan rings is 1. The maximum Gasteiger partial charge on any atom is 0.282 e. The molecule has 0 aliphatic carbocycles. The van der Waals surface area contributed by atoms with Gasteiger partial charge in [-0.3, -0.25) is 9.59 Å². The van der Waals surface area contributed by atoms with E-state index in [-0.39, 0.29) is 23.9 Å². The minimum atomic E-state index is -0.371. The standard InChI is InChI=1S/C34H27BrN4O6/c1-20-11-13-22(14-12-20)37-31(40)19-44-32-25(35)15-21(16-29(32)43-3)18-36-39-33(38-26-8-5-4-7-23(26)34(39)41)30-17-24-27(42-2)9-6-10-28(24)45-30/h4-18H,19H2,1-3H3,(H,37,40). The van der Waals surface area contributed by atoms with Crippen molar-refractivity contribution >= 4 is 55.6 Å². The molecule has 0 spiro atoms. The number of aromatic nitrogens is 2. The Morgan fingerprint density at radius 2 is 1.76 bits per heavy atom. The van der Waals surface area contributed by atoms with Gasteiger partial charge in [-0.2, -0.15) is 9.78 Å². The number of carbonyl (C=O) groups is 1. The van der Waals surface area contributed by atoms with Gasteiger partial charge in [0.25, 0.3) is 11.5 Å². The summed E-state index contributed by atoms with van der Waals surface area (Å²) in [5, 5.41) is 8.48. The molecule has 0 fully saturated rings. The van der Waals surface area contributed by atoms with Crippen LogP contribution in [0.5, 0.6) is 17.2 Å². The van der Waals surface area contributed by atoms with Crippen molar-refractivity contribution in [1.82, 2.24) is 9.66 Å². The first-order valence-corrected chi connectivity index (χ1v) is 14.6. The smallest absolute Gasteiger partial charge is 0.282 e. The minimum Gasteiger partial charge on any atom is -0.496 e. The third-order valence-corrected chi connectivity index (χ3v) is 7.56. The van der Waals surface area contributed by atoms with Crippen LogP contribution < -0.4 is 25.1 Å². The van der Waals surface area contributed by atoms with Crippen molar-refractivity contribution in [2.75, 3.05) is 26.1 Å². The average Bonchev–Trinajstić information content (AvgIpc) is 3.49. The van der Waals surface area contributed by atoms with Crippen LogP contribution >= 0.6 is 15.9 Å². The fourth-order valence-electron chi connectivity index (χ4n) is 4.76. The van der Waals surface area contributed by atoms with E-state index in [4.69, 9.17) is 23.6 Å². The molecule has 2 aromatic heterocycles. The molecule has 0 bridgehead atoms. The van der Waals surface area contributed by atoms with E-state index in [1.165, 1.54) is 18.0 Å². The van der Waals surface area contributed by atoms with Crippen molar-refractivity contribution in [3.63, 3.8) is 0 Å². The van der Waals surface area contributed by atoms with Crippen LogP contribution in [0.15, 0.2) is 104 Å². The summed E-state index contributed by atoms with van der Waals surface area (Å²) in [5.41, 5.74) is 3.08. The summed E-state index contributed by atoms with van der Waals surface area (Å²) in [6.45, 7) is 1.74. The van der Waals surface area contributed by atoms with Gasteiger partial charge in [0.15, 0.2) is 23.9 Å². The summed E-state index contributed by atoms with van der Waals surface area (Å²) >= 11 is 3.52. The number of rotatable bonds is 9. The van der Waals surface area contributed by atoms with Crippen LogP contribution in [0.1, 0.15) is 11.1 Å². The van der Waals surface area contributed by atoms with Gasteiger partial charge in [0.05, 0.1) is 41.2 Å². The molecular formula is C34H27BrN4O6. The number of anilines is 1. The Kier molecular flexibility index (Phi) is 8.35. The van der Waals surface area contributed by atoms with Crippen LogP contribution in [-0.2, 0) is 4.79 Å². The molecule has 4 aromatic carbocycles. The number of para-hydroxylation sites is 1. The van der Waals surface area contributed by atoms with E-state index < -0.39 is 0 Å². The average molecular weight is 668 g/mol. The van der Waals surface area contributed by atoms with Gasteiger partial charge < -0.3 is 23.9 Å². The van der Waals surface area contributed by atoms with Crippen molar-refractivity contribution in [2.24, 2.45) is 5.10 Å². The van der Waals surface area contributed by atoms with Crippen molar-refractivity contribution in [3.05, 3.63) is 111 Å². The van der Waals surface area contributed by atoms with E-state index in [2.05, 4.69) is 26.3 Å². The molecule has 1 amide bonds. The SMILES string of the molecule is COc1cc(C=Nn2c(-c3cc4c(OC)cccc4o3)nc3ccccc3c2=O)cc(Br)c1OCC(=O)Nc1ccc(C)cc1. The first-order chi connectivity index (χ1) is 21.8. The summed E-state index contributed by atoms with van der Waals surface area (Å²) in [5.74, 6) is 1.59. The molecule has 0 aliphatic heterocycles. The maximum atomic E-state index is 13.7. The lowest BCUT2D eigenvalue weighted by Crippen LogP contribution is -2.20. The van der Waals surface area contributed by atoms with Crippen LogP contribution in [0.2, 0.25) is 0 Å². The molecule has 2 heterocycles. The molecule has 226 valence electrons. The number of aryl methyl sites for hydroxylation is 1. The fourth-order valence-corrected chi connectivity index (χ4v) is 5.34. The molecular weight excluding hydrogens is 640 g/mol. The Bertz CT molecular complexity index is 2140. The van der Waals surface area contributed by atoms with Crippen LogP contribution in [-0.4, -0.2) is 42.6 Å². The number of benzene rings is 4. The minimum absolute atomic E-state index is 0.221. The van der Waals surface area contributed by atoms with Gasteiger partial charge in [0, 0.05) is 5.69 Å². The van der Waals surface area contributed by atoms with E-state index in [9.17, 15) is 9.59 Å². The molecule has 10 nitrogen and oxygen atoms in total. The van der Waals surface area contributed by atoms with Gasteiger partial charge in [-0.05, 0) is 83.0 Å². The molecule has 6 rings (SSSR count). The highest BCUT2D eigenvalue weighted by Crippen LogP contribution is 2.37. The van der Waals surface area contributed by atoms with E-state index in [1.54, 1.807) is 43.5 Å². The molecule has 0 atom stereocenters. The quantitative estimate of drug-likeness (QED) is 0.169. The van der Waals surface area contributed by atoms with Crippen LogP contribution in [0.3, 0.4) is 0 Å². The van der Waals surface area contributed by atoms with Gasteiger partial charge in [-0.1, -0.05) is 35.9 Å². The molecule has 1 N–H and O–H groups in total. The number of methoxy groups -OCH3 is 2. The Hall–Kier alpha value is -5.42. The highest BCUT2D eigenvalue weighted by molar-refractivity contribution is 9.10. The maximum absolute atomic E-state index is 13.7. The van der Waals surface area contributed by atoms with Crippen LogP contribution in [0, 0.1) is 6.92 Å². The summed E-state index contributed by atoms with van der Waals surface area (Å²) in [6.07, 6.45) is 1.51. The normalized spacial score (nSPS) is 11.3. The molecule has 11 heteroatoms. The summed E-state index contributed by atoms with van der Waals surface area (Å²) < 4.78 is 24.7. The van der Waals surface area contributed by atoms with E-state index >= 15 is 0 Å². The lowest BCUT2D eigenvalue weighted by molar-refractivity contribution is -0.118. The largest absolute Gasteiger partial charge is 0.496 e. The van der Waals surface area contributed by atoms with Gasteiger partial charge in [0.1, 0.15) is 11.3 Å². The van der Waals surface area contributed by atoms with Crippen molar-refractivity contribution < 1.29 is 23.4 Å². The molecule has 0 unspecified atom stereocenters. The first kappa shape index (κ1) is 29.6. The zero-order valence-corrected chi connectivity index (χ0v) is 26.1. The van der Waals surface area contributed by atoms with Gasteiger partial charge in [-0.25, -0.2) is 4.98 Å². The number of halogens is 1. The van der Waals surface area contributed by atoms with Crippen molar-refractivity contribution in [2.45, 2.75) is 6.92 Å². The van der Waals surface area contributed by atoms with Crippen LogP contribution in [0.25, 0.3) is 33.5 Å². The number of ether oxygens (including phenoxy) is 3. The summed E-state index contributed by atoms with van der Waals surface area (Å²) in [4.78, 5) is 30.9. The fraction of sp³-hybridized carbons (Fsp3) is 0.118. The number of hydrogen-bond acceptors (Lipinski definition) is 8. The van der Waals surface area contributed by atoms with Crippen molar-refractivity contribution in [3.8, 4) is 28.8 Å². The van der Waals surface area contributed by atoms with Gasteiger partial charge >= 0.3 is 0 Å². The third kappa shape index (κ3) is 6.16. The van der Waals surface area contributed by atoms with E-state index in [0.29, 0.717) is 55.2 Å².